The van der Waals surface area contributed by atoms with Gasteiger partial charge < -0.3 is 25.2 Å². The van der Waals surface area contributed by atoms with E-state index in [1.807, 2.05) is 24.3 Å². The van der Waals surface area contributed by atoms with Gasteiger partial charge in [0.05, 0.1) is 5.41 Å². The molecule has 0 bridgehead atoms. The number of rotatable bonds is 8. The number of amides is 2. The van der Waals surface area contributed by atoms with Gasteiger partial charge in [0.15, 0.2) is 0 Å². The van der Waals surface area contributed by atoms with E-state index in [-0.39, 0.29) is 37.4 Å². The van der Waals surface area contributed by atoms with E-state index in [1.54, 1.807) is 0 Å². The lowest BCUT2D eigenvalue weighted by atomic mass is 9.69. The molecule has 1 saturated carbocycles. The van der Waals surface area contributed by atoms with Crippen molar-refractivity contribution in [3.63, 3.8) is 0 Å². The van der Waals surface area contributed by atoms with Crippen molar-refractivity contribution in [3.05, 3.63) is 59.7 Å². The summed E-state index contributed by atoms with van der Waals surface area (Å²) in [5.41, 5.74) is 3.77. The third kappa shape index (κ3) is 4.50. The summed E-state index contributed by atoms with van der Waals surface area (Å²) in [4.78, 5) is 36.7. The molecule has 1 saturated heterocycles. The summed E-state index contributed by atoms with van der Waals surface area (Å²) in [6.45, 7) is 0.994. The van der Waals surface area contributed by atoms with Gasteiger partial charge in [0, 0.05) is 31.5 Å². The first-order chi connectivity index (χ1) is 17.0. The maximum Gasteiger partial charge on any atom is 0.407 e. The molecule has 0 unspecified atom stereocenters. The third-order valence-corrected chi connectivity index (χ3v) is 7.69. The highest BCUT2D eigenvalue weighted by Crippen LogP contribution is 2.44. The van der Waals surface area contributed by atoms with Crippen molar-refractivity contribution >= 4 is 18.0 Å². The summed E-state index contributed by atoms with van der Waals surface area (Å²) in [5, 5.41) is 15.0. The minimum absolute atomic E-state index is 0.0189. The Morgan fingerprint density at radius 3 is 2.26 bits per heavy atom. The summed E-state index contributed by atoms with van der Waals surface area (Å²) < 4.78 is 11.2. The van der Waals surface area contributed by atoms with Gasteiger partial charge in [-0.2, -0.15) is 0 Å². The van der Waals surface area contributed by atoms with Gasteiger partial charge >= 0.3 is 12.1 Å². The Balaban J connectivity index is 1.12. The molecule has 1 aliphatic heterocycles. The Hall–Kier alpha value is -3.39. The SMILES string of the molecule is O=C(NC[C@H]1CCO[C@H]1C(=O)NCC1(C(=O)O)CCC1)OCC1c2ccccc2-c2ccccc21. The van der Waals surface area contributed by atoms with Crippen molar-refractivity contribution in [3.8, 4) is 11.1 Å². The predicted molar refractivity (Wildman–Crippen MR) is 128 cm³/mol. The molecule has 2 aromatic carbocycles. The van der Waals surface area contributed by atoms with Crippen molar-refractivity contribution in [1.82, 2.24) is 10.6 Å². The molecule has 1 heterocycles. The number of carboxylic acid groups (broad SMARTS) is 1. The van der Waals surface area contributed by atoms with Crippen molar-refractivity contribution in [2.75, 3.05) is 26.3 Å². The van der Waals surface area contributed by atoms with Crippen molar-refractivity contribution < 1.29 is 29.0 Å². The van der Waals surface area contributed by atoms with Gasteiger partial charge in [0.1, 0.15) is 12.7 Å². The van der Waals surface area contributed by atoms with Crippen molar-refractivity contribution in [2.24, 2.45) is 11.3 Å². The second-order valence-electron chi connectivity index (χ2n) is 9.70. The first-order valence-electron chi connectivity index (χ1n) is 12.2. The van der Waals surface area contributed by atoms with E-state index in [1.165, 1.54) is 11.1 Å². The highest BCUT2D eigenvalue weighted by atomic mass is 16.5. The summed E-state index contributed by atoms with van der Waals surface area (Å²) in [6, 6.07) is 16.3. The van der Waals surface area contributed by atoms with E-state index in [0.717, 1.165) is 17.5 Å². The van der Waals surface area contributed by atoms with E-state index in [2.05, 4.69) is 34.9 Å². The molecular formula is C27H30N2O6. The van der Waals surface area contributed by atoms with Crippen LogP contribution in [-0.2, 0) is 19.1 Å². The van der Waals surface area contributed by atoms with Gasteiger partial charge in [-0.05, 0) is 41.5 Å². The number of aliphatic carboxylic acids is 1. The second-order valence-corrected chi connectivity index (χ2v) is 9.70. The second kappa shape index (κ2) is 9.70. The average Bonchev–Trinajstić information content (AvgIpc) is 3.43. The number of carbonyl (C=O) groups is 3. The largest absolute Gasteiger partial charge is 0.481 e. The molecule has 0 spiro atoms. The molecule has 3 N–H and O–H groups in total. The van der Waals surface area contributed by atoms with Crippen LogP contribution in [0.5, 0.6) is 0 Å². The molecule has 184 valence electrons. The first kappa shape index (κ1) is 23.4. The van der Waals surface area contributed by atoms with E-state index < -0.39 is 23.6 Å². The Morgan fingerprint density at radius 1 is 1.00 bits per heavy atom. The van der Waals surface area contributed by atoms with Crippen LogP contribution >= 0.6 is 0 Å². The fourth-order valence-corrected chi connectivity index (χ4v) is 5.42. The number of hydrogen-bond acceptors (Lipinski definition) is 5. The molecule has 0 radical (unpaired) electrons. The molecule has 5 rings (SSSR count). The fraction of sp³-hybridized carbons (Fsp3) is 0.444. The van der Waals surface area contributed by atoms with E-state index in [9.17, 15) is 19.5 Å². The predicted octanol–water partition coefficient (Wildman–Crippen LogP) is 3.30. The summed E-state index contributed by atoms with van der Waals surface area (Å²) in [7, 11) is 0. The molecule has 8 heteroatoms. The Labute approximate surface area is 204 Å². The highest BCUT2D eigenvalue weighted by Gasteiger charge is 2.45. The van der Waals surface area contributed by atoms with Crippen LogP contribution in [0.2, 0.25) is 0 Å². The Bertz CT molecular complexity index is 1080. The number of hydrogen-bond donors (Lipinski definition) is 3. The molecule has 35 heavy (non-hydrogen) atoms. The Kier molecular flexibility index (Phi) is 6.47. The lowest BCUT2D eigenvalue weighted by molar-refractivity contribution is -0.154. The smallest absolute Gasteiger partial charge is 0.407 e. The normalized spacial score (nSPS) is 21.9. The van der Waals surface area contributed by atoms with Crippen molar-refractivity contribution in [2.45, 2.75) is 37.7 Å². The topological polar surface area (TPSA) is 114 Å². The zero-order chi connectivity index (χ0) is 24.4. The summed E-state index contributed by atoms with van der Waals surface area (Å²) in [5.74, 6) is -1.41. The van der Waals surface area contributed by atoms with E-state index in [4.69, 9.17) is 9.47 Å². The molecule has 2 fully saturated rings. The highest BCUT2D eigenvalue weighted by molar-refractivity contribution is 5.83. The monoisotopic (exact) mass is 478 g/mol. The zero-order valence-electron chi connectivity index (χ0n) is 19.5. The van der Waals surface area contributed by atoms with E-state index >= 15 is 0 Å². The standard InChI is InChI=1S/C27H30N2O6/c30-24(29-16-27(25(31)32)11-5-12-27)23-17(10-13-34-23)14-28-26(33)35-15-22-20-8-3-1-6-18(20)19-7-2-4-9-21(19)22/h1-4,6-9,17,22-23H,5,10-16H2,(H,28,33)(H,29,30)(H,31,32)/t17-,23-/m1/s1. The van der Waals surface area contributed by atoms with Crippen LogP contribution in [0.15, 0.2) is 48.5 Å². The van der Waals surface area contributed by atoms with Crippen LogP contribution in [0.1, 0.15) is 42.7 Å². The van der Waals surface area contributed by atoms with Gasteiger partial charge in [-0.3, -0.25) is 9.59 Å². The van der Waals surface area contributed by atoms with Crippen LogP contribution in [0.3, 0.4) is 0 Å². The number of carbonyl (C=O) groups excluding carboxylic acids is 2. The number of carboxylic acids is 1. The maximum atomic E-state index is 12.7. The molecule has 8 nitrogen and oxygen atoms in total. The molecule has 2 aliphatic carbocycles. The molecule has 2 atom stereocenters. The van der Waals surface area contributed by atoms with Gasteiger partial charge in [-0.15, -0.1) is 0 Å². The third-order valence-electron chi connectivity index (χ3n) is 7.69. The molecule has 2 aromatic rings. The molecule has 3 aliphatic rings. The van der Waals surface area contributed by atoms with Gasteiger partial charge in [0.25, 0.3) is 0 Å². The van der Waals surface area contributed by atoms with Gasteiger partial charge in [0.2, 0.25) is 5.91 Å². The van der Waals surface area contributed by atoms with E-state index in [0.29, 0.717) is 25.9 Å². The fourth-order valence-electron chi connectivity index (χ4n) is 5.42. The molecule has 2 amide bonds. The van der Waals surface area contributed by atoms with Crippen LogP contribution in [-0.4, -0.2) is 55.5 Å². The number of nitrogens with one attached hydrogen (secondary N) is 2. The minimum Gasteiger partial charge on any atom is -0.481 e. The minimum atomic E-state index is -0.870. The summed E-state index contributed by atoms with van der Waals surface area (Å²) >= 11 is 0. The van der Waals surface area contributed by atoms with Crippen LogP contribution in [0.25, 0.3) is 11.1 Å². The number of ether oxygens (including phenoxy) is 2. The number of benzene rings is 2. The van der Waals surface area contributed by atoms with Crippen LogP contribution in [0, 0.1) is 11.3 Å². The first-order valence-corrected chi connectivity index (χ1v) is 12.2. The molecular weight excluding hydrogens is 448 g/mol. The lowest BCUT2D eigenvalue weighted by Gasteiger charge is -2.37. The van der Waals surface area contributed by atoms with Crippen LogP contribution in [0.4, 0.5) is 4.79 Å². The van der Waals surface area contributed by atoms with Crippen LogP contribution < -0.4 is 10.6 Å². The number of fused-ring (bicyclic) bond motifs is 3. The molecule has 0 aromatic heterocycles. The number of alkyl carbamates (subject to hydrolysis) is 1. The summed E-state index contributed by atoms with van der Waals surface area (Å²) in [6.07, 6.45) is 1.38. The lowest BCUT2D eigenvalue weighted by Crippen LogP contribution is -2.50. The maximum absolute atomic E-state index is 12.7. The van der Waals surface area contributed by atoms with Gasteiger partial charge in [-0.25, -0.2) is 4.79 Å². The zero-order valence-corrected chi connectivity index (χ0v) is 19.5. The van der Waals surface area contributed by atoms with Gasteiger partial charge in [-0.1, -0.05) is 55.0 Å². The van der Waals surface area contributed by atoms with Crippen molar-refractivity contribution in [1.29, 1.82) is 0 Å². The Morgan fingerprint density at radius 2 is 1.66 bits per heavy atom. The quantitative estimate of drug-likeness (QED) is 0.537. The average molecular weight is 479 g/mol.